The maximum Gasteiger partial charge on any atom is 0.243 e. The maximum atomic E-state index is 12.9. The summed E-state index contributed by atoms with van der Waals surface area (Å²) < 4.78 is 32.6. The maximum absolute atomic E-state index is 12.9. The van der Waals surface area contributed by atoms with Crippen LogP contribution in [0.2, 0.25) is 0 Å². The van der Waals surface area contributed by atoms with Crippen molar-refractivity contribution < 1.29 is 13.2 Å². The summed E-state index contributed by atoms with van der Waals surface area (Å²) in [6.45, 7) is 10.9. The highest BCUT2D eigenvalue weighted by atomic mass is 32.2. The van der Waals surface area contributed by atoms with Gasteiger partial charge in [-0.15, -0.1) is 0 Å². The van der Waals surface area contributed by atoms with E-state index < -0.39 is 10.0 Å². The van der Waals surface area contributed by atoms with Gasteiger partial charge in [0.15, 0.2) is 0 Å². The smallest absolute Gasteiger partial charge is 0.243 e. The minimum absolute atomic E-state index is 0.332. The molecule has 0 aliphatic carbocycles. The Labute approximate surface area is 128 Å². The van der Waals surface area contributed by atoms with E-state index in [1.54, 1.807) is 6.92 Å². The second-order valence-corrected chi connectivity index (χ2v) is 6.93. The summed E-state index contributed by atoms with van der Waals surface area (Å²) >= 11 is 0. The van der Waals surface area contributed by atoms with Crippen molar-refractivity contribution in [3.8, 4) is 0 Å². The molecule has 5 nitrogen and oxygen atoms in total. The Morgan fingerprint density at radius 3 is 2.33 bits per heavy atom. The molecule has 0 amide bonds. The minimum atomic E-state index is -3.56. The number of nitrogens with zero attached hydrogens (tertiary/aromatic N) is 1. The molecule has 0 bridgehead atoms. The van der Waals surface area contributed by atoms with Crippen LogP contribution in [0.5, 0.6) is 0 Å². The molecule has 6 heteroatoms. The van der Waals surface area contributed by atoms with Gasteiger partial charge in [0.1, 0.15) is 0 Å². The highest BCUT2D eigenvalue weighted by molar-refractivity contribution is 7.89. The van der Waals surface area contributed by atoms with Gasteiger partial charge in [-0.3, -0.25) is 0 Å². The summed E-state index contributed by atoms with van der Waals surface area (Å²) in [5.74, 6) is 0. The van der Waals surface area contributed by atoms with E-state index in [2.05, 4.69) is 0 Å². The molecule has 0 radical (unpaired) electrons. The summed E-state index contributed by atoms with van der Waals surface area (Å²) in [5, 5.41) is 0. The SMILES string of the molecule is CCOCCN(CC)S(=O)(=O)c1c(C)c(C)cc(N)c1C. The number of nitrogens with two attached hydrogens (primary N) is 1. The predicted molar refractivity (Wildman–Crippen MR) is 86.0 cm³/mol. The topological polar surface area (TPSA) is 72.6 Å². The Bertz CT molecular complexity index is 571. The molecule has 0 aromatic heterocycles. The number of aryl methyl sites for hydroxylation is 1. The van der Waals surface area contributed by atoms with Gasteiger partial charge in [0.2, 0.25) is 10.0 Å². The lowest BCUT2D eigenvalue weighted by atomic mass is 10.1. The number of anilines is 1. The van der Waals surface area contributed by atoms with Crippen molar-refractivity contribution in [1.29, 1.82) is 0 Å². The molecule has 21 heavy (non-hydrogen) atoms. The first-order chi connectivity index (χ1) is 9.77. The highest BCUT2D eigenvalue weighted by Gasteiger charge is 2.28. The van der Waals surface area contributed by atoms with Crippen LogP contribution in [-0.2, 0) is 14.8 Å². The lowest BCUT2D eigenvalue weighted by Gasteiger charge is -2.24. The fraction of sp³-hybridized carbons (Fsp3) is 0.600. The van der Waals surface area contributed by atoms with E-state index in [9.17, 15) is 8.42 Å². The first-order valence-corrected chi connectivity index (χ1v) is 8.65. The van der Waals surface area contributed by atoms with Crippen LogP contribution in [0.3, 0.4) is 0 Å². The van der Waals surface area contributed by atoms with E-state index in [4.69, 9.17) is 10.5 Å². The fourth-order valence-electron chi connectivity index (χ4n) is 2.32. The van der Waals surface area contributed by atoms with Gasteiger partial charge in [0.25, 0.3) is 0 Å². The number of rotatable bonds is 7. The first-order valence-electron chi connectivity index (χ1n) is 7.21. The Balaban J connectivity index is 3.29. The van der Waals surface area contributed by atoms with Crippen LogP contribution in [0.1, 0.15) is 30.5 Å². The van der Waals surface area contributed by atoms with Crippen LogP contribution >= 0.6 is 0 Å². The molecule has 0 aliphatic rings. The van der Waals surface area contributed by atoms with Crippen LogP contribution in [0, 0.1) is 20.8 Å². The molecular formula is C15H26N2O3S. The third kappa shape index (κ3) is 3.75. The van der Waals surface area contributed by atoms with Crippen molar-refractivity contribution in [1.82, 2.24) is 4.31 Å². The lowest BCUT2D eigenvalue weighted by Crippen LogP contribution is -2.35. The third-order valence-corrected chi connectivity index (χ3v) is 5.97. The molecule has 1 aromatic carbocycles. The Kier molecular flexibility index (Phi) is 6.19. The second kappa shape index (κ2) is 7.24. The molecule has 0 heterocycles. The number of nitrogen functional groups attached to an aromatic ring is 1. The third-order valence-electron chi connectivity index (χ3n) is 3.72. The second-order valence-electron chi connectivity index (χ2n) is 5.06. The van der Waals surface area contributed by atoms with Gasteiger partial charge in [-0.25, -0.2) is 8.42 Å². The summed E-state index contributed by atoms with van der Waals surface area (Å²) in [4.78, 5) is 0.332. The summed E-state index contributed by atoms with van der Waals surface area (Å²) in [5.41, 5.74) is 8.72. The number of sulfonamides is 1. The highest BCUT2D eigenvalue weighted by Crippen LogP contribution is 2.30. The largest absolute Gasteiger partial charge is 0.398 e. The van der Waals surface area contributed by atoms with E-state index in [0.29, 0.717) is 42.4 Å². The normalized spacial score (nSPS) is 12.1. The predicted octanol–water partition coefficient (Wildman–Crippen LogP) is 2.24. The summed E-state index contributed by atoms with van der Waals surface area (Å²) in [6, 6.07) is 1.82. The Morgan fingerprint density at radius 1 is 1.19 bits per heavy atom. The molecule has 0 aliphatic heterocycles. The Hall–Kier alpha value is -1.11. The van der Waals surface area contributed by atoms with Crippen LogP contribution in [0.25, 0.3) is 0 Å². The van der Waals surface area contributed by atoms with Crippen molar-refractivity contribution in [2.75, 3.05) is 32.0 Å². The van der Waals surface area contributed by atoms with Crippen molar-refractivity contribution >= 4 is 15.7 Å². The van der Waals surface area contributed by atoms with Gasteiger partial charge in [-0.1, -0.05) is 6.92 Å². The average Bonchev–Trinajstić information content (AvgIpc) is 2.41. The summed E-state index contributed by atoms with van der Waals surface area (Å²) in [6.07, 6.45) is 0. The molecular weight excluding hydrogens is 288 g/mol. The van der Waals surface area contributed by atoms with E-state index >= 15 is 0 Å². The van der Waals surface area contributed by atoms with E-state index in [-0.39, 0.29) is 0 Å². The fourth-order valence-corrected chi connectivity index (χ4v) is 4.28. The molecule has 0 atom stereocenters. The van der Waals surface area contributed by atoms with Gasteiger partial charge < -0.3 is 10.5 Å². The molecule has 0 unspecified atom stereocenters. The molecule has 0 spiro atoms. The number of likely N-dealkylation sites (N-methyl/N-ethyl adjacent to an activating group) is 1. The molecule has 0 saturated heterocycles. The molecule has 0 saturated carbocycles. The molecule has 120 valence electrons. The Morgan fingerprint density at radius 2 is 1.81 bits per heavy atom. The van der Waals surface area contributed by atoms with E-state index in [1.807, 2.05) is 33.8 Å². The van der Waals surface area contributed by atoms with Gasteiger partial charge in [-0.2, -0.15) is 4.31 Å². The lowest BCUT2D eigenvalue weighted by molar-refractivity contribution is 0.135. The molecule has 2 N–H and O–H groups in total. The molecule has 0 fully saturated rings. The first kappa shape index (κ1) is 17.9. The zero-order valence-corrected chi connectivity index (χ0v) is 14.4. The van der Waals surface area contributed by atoms with Crippen molar-refractivity contribution in [2.24, 2.45) is 0 Å². The van der Waals surface area contributed by atoms with Crippen LogP contribution in [0.15, 0.2) is 11.0 Å². The number of ether oxygens (including phenoxy) is 1. The van der Waals surface area contributed by atoms with E-state index in [0.717, 1.165) is 11.1 Å². The van der Waals surface area contributed by atoms with Crippen LogP contribution in [0.4, 0.5) is 5.69 Å². The zero-order chi connectivity index (χ0) is 16.2. The number of benzene rings is 1. The van der Waals surface area contributed by atoms with Crippen molar-refractivity contribution in [3.05, 3.63) is 22.8 Å². The standard InChI is InChI=1S/C15H26N2O3S/c1-6-17(8-9-20-7-2)21(18,19)15-12(4)11(3)10-14(16)13(15)5/h10H,6-9,16H2,1-5H3. The molecule has 1 aromatic rings. The summed E-state index contributed by atoms with van der Waals surface area (Å²) in [7, 11) is -3.56. The van der Waals surface area contributed by atoms with Gasteiger partial charge in [-0.05, 0) is 50.5 Å². The average molecular weight is 314 g/mol. The van der Waals surface area contributed by atoms with Crippen molar-refractivity contribution in [3.63, 3.8) is 0 Å². The van der Waals surface area contributed by atoms with Gasteiger partial charge >= 0.3 is 0 Å². The van der Waals surface area contributed by atoms with Crippen LogP contribution < -0.4 is 5.73 Å². The molecule has 1 rings (SSSR count). The van der Waals surface area contributed by atoms with Crippen LogP contribution in [-0.4, -0.2) is 39.0 Å². The van der Waals surface area contributed by atoms with Gasteiger partial charge in [0.05, 0.1) is 11.5 Å². The minimum Gasteiger partial charge on any atom is -0.398 e. The van der Waals surface area contributed by atoms with Gasteiger partial charge in [0, 0.05) is 25.4 Å². The number of hydrogen-bond donors (Lipinski definition) is 1. The monoisotopic (exact) mass is 314 g/mol. The quantitative estimate of drug-likeness (QED) is 0.619. The zero-order valence-electron chi connectivity index (χ0n) is 13.6. The van der Waals surface area contributed by atoms with Crippen molar-refractivity contribution in [2.45, 2.75) is 39.5 Å². The van der Waals surface area contributed by atoms with E-state index in [1.165, 1.54) is 4.31 Å². The number of hydrogen-bond acceptors (Lipinski definition) is 4.